The first-order valence-electron chi connectivity index (χ1n) is 5.63. The molecule has 0 aromatic heterocycles. The third-order valence-electron chi connectivity index (χ3n) is 1.90. The van der Waals surface area contributed by atoms with E-state index in [4.69, 9.17) is 4.74 Å². The number of esters is 1. The topological polar surface area (TPSA) is 102 Å². The number of carbonyl (C=O) groups excluding carboxylic acids is 3. The summed E-state index contributed by atoms with van der Waals surface area (Å²) in [5.41, 5.74) is -0.803. The Bertz CT molecular complexity index is 374. The largest absolute Gasteiger partial charge is 0.464 e. The molecular weight excluding hydrogens is 256 g/mol. The molecule has 1 unspecified atom stereocenters. The number of carbonyl (C=O) groups is 3. The minimum absolute atomic E-state index is 0.00360. The second-order valence-corrected chi connectivity index (χ2v) is 4.68. The molecule has 0 aliphatic carbocycles. The normalized spacial score (nSPS) is 12.3. The van der Waals surface area contributed by atoms with Crippen molar-refractivity contribution in [3.63, 3.8) is 0 Å². The highest BCUT2D eigenvalue weighted by Crippen LogP contribution is 2.12. The van der Waals surface area contributed by atoms with Gasteiger partial charge < -0.3 is 9.47 Å². The molecule has 0 aromatic rings. The molecule has 19 heavy (non-hydrogen) atoms. The molecule has 2 amide bonds. The van der Waals surface area contributed by atoms with E-state index in [1.54, 1.807) is 20.8 Å². The van der Waals surface area contributed by atoms with Crippen LogP contribution in [0.2, 0.25) is 0 Å². The molecule has 0 spiro atoms. The van der Waals surface area contributed by atoms with Gasteiger partial charge in [-0.1, -0.05) is 0 Å². The van der Waals surface area contributed by atoms with E-state index in [1.807, 2.05) is 0 Å². The molecule has 8 nitrogen and oxygen atoms in total. The number of ether oxygens (including phenoxy) is 2. The van der Waals surface area contributed by atoms with E-state index in [-0.39, 0.29) is 6.61 Å². The highest BCUT2D eigenvalue weighted by molar-refractivity contribution is 6.04. The van der Waals surface area contributed by atoms with E-state index in [9.17, 15) is 19.3 Å². The molecule has 0 aliphatic rings. The lowest BCUT2D eigenvalue weighted by molar-refractivity contribution is -0.152. The number of rotatable bonds is 4. The van der Waals surface area contributed by atoms with Crippen molar-refractivity contribution in [1.29, 1.82) is 0 Å². The molecule has 8 heteroatoms. The Balaban J connectivity index is 5.05. The van der Waals surface area contributed by atoms with Crippen molar-refractivity contribution in [3.8, 4) is 0 Å². The van der Waals surface area contributed by atoms with Crippen LogP contribution in [-0.2, 0) is 19.1 Å². The van der Waals surface area contributed by atoms with Gasteiger partial charge in [-0.15, -0.1) is 4.91 Å². The quantitative estimate of drug-likeness (QED) is 0.431. The first-order valence-corrected chi connectivity index (χ1v) is 5.63. The number of hydrogen-bond donors (Lipinski definition) is 0. The molecule has 0 N–H and O–H groups in total. The summed E-state index contributed by atoms with van der Waals surface area (Å²) in [6.07, 6.45) is -0.928. The van der Waals surface area contributed by atoms with Crippen molar-refractivity contribution in [3.05, 3.63) is 4.91 Å². The molecule has 0 fully saturated rings. The third kappa shape index (κ3) is 5.45. The van der Waals surface area contributed by atoms with Crippen molar-refractivity contribution in [1.82, 2.24) is 4.90 Å². The van der Waals surface area contributed by atoms with Crippen molar-refractivity contribution in [2.75, 3.05) is 13.7 Å². The van der Waals surface area contributed by atoms with Gasteiger partial charge in [0, 0.05) is 12.2 Å². The van der Waals surface area contributed by atoms with Gasteiger partial charge in [0.05, 0.1) is 6.61 Å². The molecule has 0 saturated heterocycles. The summed E-state index contributed by atoms with van der Waals surface area (Å²) in [5, 5.41) is 2.15. The zero-order valence-electron chi connectivity index (χ0n) is 11.6. The van der Waals surface area contributed by atoms with Crippen LogP contribution in [-0.4, -0.2) is 48.2 Å². The molecule has 0 radical (unpaired) electrons. The van der Waals surface area contributed by atoms with Crippen LogP contribution in [0.5, 0.6) is 0 Å². The first kappa shape index (κ1) is 17.0. The monoisotopic (exact) mass is 274 g/mol. The average molecular weight is 274 g/mol. The fourth-order valence-electron chi connectivity index (χ4n) is 1.14. The summed E-state index contributed by atoms with van der Waals surface area (Å²) < 4.78 is 9.61. The second kappa shape index (κ2) is 6.81. The average Bonchev–Trinajstić information content (AvgIpc) is 2.26. The van der Waals surface area contributed by atoms with Gasteiger partial charge in [0.25, 0.3) is 0 Å². The van der Waals surface area contributed by atoms with Gasteiger partial charge >= 0.3 is 18.0 Å². The maximum Gasteiger partial charge on any atom is 0.411 e. The van der Waals surface area contributed by atoms with Gasteiger partial charge in [-0.3, -0.25) is 9.69 Å². The summed E-state index contributed by atoms with van der Waals surface area (Å²) in [7, 11) is 1.15. The van der Waals surface area contributed by atoms with Gasteiger partial charge in [-0.25, -0.2) is 9.59 Å². The Morgan fingerprint density at radius 2 is 1.79 bits per heavy atom. The van der Waals surface area contributed by atoms with Crippen molar-refractivity contribution in [2.45, 2.75) is 39.3 Å². The number of amides is 2. The molecule has 0 rings (SSSR count). The van der Waals surface area contributed by atoms with Crippen LogP contribution in [0.1, 0.15) is 27.7 Å². The van der Waals surface area contributed by atoms with E-state index < -0.39 is 29.6 Å². The molecule has 0 aliphatic heterocycles. The van der Waals surface area contributed by atoms with E-state index in [2.05, 4.69) is 9.91 Å². The van der Waals surface area contributed by atoms with Gasteiger partial charge in [0.15, 0.2) is 0 Å². The lowest BCUT2D eigenvalue weighted by Crippen LogP contribution is -2.49. The van der Waals surface area contributed by atoms with Gasteiger partial charge in [-0.05, 0) is 27.7 Å². The number of hydrogen-bond acceptors (Lipinski definition) is 6. The SMILES string of the molecule is CCOC(=O)C(C(=O)N=O)N(C)C(=O)OC(C)(C)C. The van der Waals surface area contributed by atoms with Gasteiger partial charge in [0.2, 0.25) is 6.04 Å². The summed E-state index contributed by atoms with van der Waals surface area (Å²) in [4.78, 5) is 45.6. The molecule has 1 atom stereocenters. The van der Waals surface area contributed by atoms with Gasteiger partial charge in [0.1, 0.15) is 5.60 Å². The molecule has 0 aromatic carbocycles. The minimum atomic E-state index is -1.73. The smallest absolute Gasteiger partial charge is 0.411 e. The summed E-state index contributed by atoms with van der Waals surface area (Å²) in [6, 6.07) is -1.73. The van der Waals surface area contributed by atoms with Crippen LogP contribution in [0.15, 0.2) is 5.18 Å². The van der Waals surface area contributed by atoms with Crippen LogP contribution in [0, 0.1) is 4.91 Å². The summed E-state index contributed by atoms with van der Waals surface area (Å²) >= 11 is 0. The van der Waals surface area contributed by atoms with Crippen LogP contribution in [0.4, 0.5) is 4.79 Å². The lowest BCUT2D eigenvalue weighted by Gasteiger charge is -2.27. The van der Waals surface area contributed by atoms with Crippen LogP contribution in [0.25, 0.3) is 0 Å². The highest BCUT2D eigenvalue weighted by atomic mass is 16.6. The summed E-state index contributed by atoms with van der Waals surface area (Å²) in [6.45, 7) is 6.40. The molecular formula is C11H18N2O6. The molecule has 0 bridgehead atoms. The molecule has 0 saturated carbocycles. The van der Waals surface area contributed by atoms with Crippen molar-refractivity contribution >= 4 is 18.0 Å². The van der Waals surface area contributed by atoms with E-state index in [0.29, 0.717) is 4.90 Å². The van der Waals surface area contributed by atoms with E-state index in [1.165, 1.54) is 6.92 Å². The fraction of sp³-hybridized carbons (Fsp3) is 0.727. The predicted molar refractivity (Wildman–Crippen MR) is 65.2 cm³/mol. The Hall–Kier alpha value is -1.99. The van der Waals surface area contributed by atoms with Crippen LogP contribution < -0.4 is 0 Å². The third-order valence-corrected chi connectivity index (χ3v) is 1.90. The molecule has 0 heterocycles. The maximum absolute atomic E-state index is 11.7. The Kier molecular flexibility index (Phi) is 6.10. The zero-order chi connectivity index (χ0) is 15.2. The van der Waals surface area contributed by atoms with E-state index >= 15 is 0 Å². The standard InChI is InChI=1S/C11H18N2O6/c1-6-18-9(15)7(8(14)12-17)13(5)10(16)19-11(2,3)4/h7H,6H2,1-5H3. The number of nitroso groups, excluding NO2 is 1. The van der Waals surface area contributed by atoms with Crippen molar-refractivity contribution < 1.29 is 23.9 Å². The van der Waals surface area contributed by atoms with Crippen LogP contribution >= 0.6 is 0 Å². The number of likely N-dealkylation sites (N-methyl/N-ethyl adjacent to an activating group) is 1. The second-order valence-electron chi connectivity index (χ2n) is 4.68. The maximum atomic E-state index is 11.7. The zero-order valence-corrected chi connectivity index (χ0v) is 11.6. The highest BCUT2D eigenvalue weighted by Gasteiger charge is 2.37. The molecule has 108 valence electrons. The Morgan fingerprint density at radius 3 is 2.16 bits per heavy atom. The minimum Gasteiger partial charge on any atom is -0.464 e. The summed E-state index contributed by atoms with van der Waals surface area (Å²) in [5.74, 6) is -2.34. The van der Waals surface area contributed by atoms with Gasteiger partial charge in [-0.2, -0.15) is 0 Å². The number of nitrogens with zero attached hydrogens (tertiary/aromatic N) is 2. The Labute approximate surface area is 111 Å². The Morgan fingerprint density at radius 1 is 1.26 bits per heavy atom. The first-order chi connectivity index (χ1) is 8.64. The van der Waals surface area contributed by atoms with Crippen LogP contribution in [0.3, 0.4) is 0 Å². The lowest BCUT2D eigenvalue weighted by atomic mass is 10.2. The predicted octanol–water partition coefficient (Wildman–Crippen LogP) is 1.08. The fourth-order valence-corrected chi connectivity index (χ4v) is 1.14. The van der Waals surface area contributed by atoms with E-state index in [0.717, 1.165) is 7.05 Å². The van der Waals surface area contributed by atoms with Crippen molar-refractivity contribution in [2.24, 2.45) is 5.18 Å².